The third-order valence-electron chi connectivity index (χ3n) is 4.73. The number of nitrogens with zero attached hydrogens (tertiary/aromatic N) is 3. The normalized spacial score (nSPS) is 15.8. The fraction of sp³-hybridized carbons (Fsp3) is 0.350. The summed E-state index contributed by atoms with van der Waals surface area (Å²) in [5, 5.41) is 0.645. The maximum Gasteiger partial charge on any atom is 0.261 e. The van der Waals surface area contributed by atoms with E-state index in [4.69, 9.17) is 9.72 Å². The van der Waals surface area contributed by atoms with E-state index in [2.05, 4.69) is 18.8 Å². The van der Waals surface area contributed by atoms with Crippen LogP contribution in [0.1, 0.15) is 31.8 Å². The van der Waals surface area contributed by atoms with Crippen LogP contribution in [0, 0.1) is 5.41 Å². The van der Waals surface area contributed by atoms with Crippen LogP contribution in [0.15, 0.2) is 47.4 Å². The Labute approximate surface area is 146 Å². The Balaban J connectivity index is 1.66. The first-order chi connectivity index (χ1) is 12.0. The van der Waals surface area contributed by atoms with E-state index in [-0.39, 0.29) is 11.0 Å². The van der Waals surface area contributed by atoms with Crippen LogP contribution in [0.4, 0.5) is 0 Å². The molecular formula is C20H21N3O2. The Bertz CT molecular complexity index is 977. The third kappa shape index (κ3) is 3.14. The maximum absolute atomic E-state index is 12.8. The first kappa shape index (κ1) is 15.8. The van der Waals surface area contributed by atoms with Gasteiger partial charge < -0.3 is 4.74 Å². The lowest BCUT2D eigenvalue weighted by atomic mass is 9.85. The number of hydrogen-bond acceptors (Lipinski definition) is 4. The number of ether oxygens (including phenoxy) is 1. The molecule has 0 amide bonds. The molecule has 25 heavy (non-hydrogen) atoms. The van der Waals surface area contributed by atoms with Crippen molar-refractivity contribution in [2.75, 3.05) is 0 Å². The molecule has 4 rings (SSSR count). The molecule has 128 valence electrons. The SMILES string of the molecule is CC1(C)CCc2nc3cc(OCc4ccccn4)ccc3c(=O)n2C1. The van der Waals surface area contributed by atoms with E-state index in [1.54, 1.807) is 6.20 Å². The van der Waals surface area contributed by atoms with E-state index >= 15 is 0 Å². The van der Waals surface area contributed by atoms with Crippen molar-refractivity contribution < 1.29 is 4.74 Å². The summed E-state index contributed by atoms with van der Waals surface area (Å²) in [4.78, 5) is 21.8. The standard InChI is InChI=1S/C20H21N3O2/c1-20(2)9-8-18-22-17-11-15(25-12-14-5-3-4-10-21-14)6-7-16(17)19(24)23(18)13-20/h3-7,10-11H,8-9,12-13H2,1-2H3. The van der Waals surface area contributed by atoms with Gasteiger partial charge in [0.2, 0.25) is 0 Å². The predicted octanol–water partition coefficient (Wildman–Crippen LogP) is 3.34. The summed E-state index contributed by atoms with van der Waals surface area (Å²) in [5.74, 6) is 1.57. The molecule has 0 fully saturated rings. The largest absolute Gasteiger partial charge is 0.487 e. The number of aromatic nitrogens is 3. The van der Waals surface area contributed by atoms with Crippen LogP contribution in [-0.2, 0) is 19.6 Å². The minimum atomic E-state index is 0.0454. The highest BCUT2D eigenvalue weighted by Gasteiger charge is 2.27. The van der Waals surface area contributed by atoms with Crippen LogP contribution in [0.3, 0.4) is 0 Å². The van der Waals surface area contributed by atoms with Crippen LogP contribution in [0.25, 0.3) is 10.9 Å². The Hall–Kier alpha value is -2.69. The van der Waals surface area contributed by atoms with E-state index in [0.717, 1.165) is 30.9 Å². The highest BCUT2D eigenvalue weighted by molar-refractivity contribution is 5.79. The number of rotatable bonds is 3. The number of benzene rings is 1. The van der Waals surface area contributed by atoms with Crippen LogP contribution in [0.5, 0.6) is 5.75 Å². The van der Waals surface area contributed by atoms with Crippen LogP contribution >= 0.6 is 0 Å². The first-order valence-electron chi connectivity index (χ1n) is 8.58. The average Bonchev–Trinajstić information content (AvgIpc) is 2.61. The Morgan fingerprint density at radius 1 is 1.24 bits per heavy atom. The quantitative estimate of drug-likeness (QED) is 0.736. The average molecular weight is 335 g/mol. The van der Waals surface area contributed by atoms with Gasteiger partial charge in [-0.3, -0.25) is 14.3 Å². The van der Waals surface area contributed by atoms with Gasteiger partial charge in [0.05, 0.1) is 16.6 Å². The van der Waals surface area contributed by atoms with Gasteiger partial charge in [-0.15, -0.1) is 0 Å². The molecule has 0 saturated heterocycles. The molecule has 3 aromatic rings. The molecule has 5 heteroatoms. The number of aryl methyl sites for hydroxylation is 1. The second-order valence-corrected chi connectivity index (χ2v) is 7.37. The van der Waals surface area contributed by atoms with Crippen molar-refractivity contribution in [3.8, 4) is 5.75 Å². The molecule has 0 radical (unpaired) electrons. The second kappa shape index (κ2) is 5.99. The summed E-state index contributed by atoms with van der Waals surface area (Å²) in [6.07, 6.45) is 3.62. The summed E-state index contributed by atoms with van der Waals surface area (Å²) in [6, 6.07) is 11.2. The zero-order valence-electron chi connectivity index (χ0n) is 14.5. The molecule has 0 aliphatic carbocycles. The molecule has 5 nitrogen and oxygen atoms in total. The summed E-state index contributed by atoms with van der Waals surface area (Å²) in [7, 11) is 0. The van der Waals surface area contributed by atoms with Crippen molar-refractivity contribution in [3.63, 3.8) is 0 Å². The fourth-order valence-corrected chi connectivity index (χ4v) is 3.29. The molecule has 1 aliphatic rings. The van der Waals surface area contributed by atoms with E-state index in [1.165, 1.54) is 0 Å². The van der Waals surface area contributed by atoms with Crippen LogP contribution < -0.4 is 10.3 Å². The molecule has 0 N–H and O–H groups in total. The zero-order chi connectivity index (χ0) is 17.4. The van der Waals surface area contributed by atoms with Gasteiger partial charge in [-0.2, -0.15) is 0 Å². The molecular weight excluding hydrogens is 314 g/mol. The van der Waals surface area contributed by atoms with E-state index in [0.29, 0.717) is 23.3 Å². The van der Waals surface area contributed by atoms with Crippen LogP contribution in [-0.4, -0.2) is 14.5 Å². The number of fused-ring (bicyclic) bond motifs is 2. The lowest BCUT2D eigenvalue weighted by Gasteiger charge is -2.31. The van der Waals surface area contributed by atoms with Crippen molar-refractivity contribution in [1.82, 2.24) is 14.5 Å². The Morgan fingerprint density at radius 2 is 2.12 bits per heavy atom. The highest BCUT2D eigenvalue weighted by Crippen LogP contribution is 2.30. The van der Waals surface area contributed by atoms with Gasteiger partial charge in [0, 0.05) is 25.2 Å². The molecule has 1 aliphatic heterocycles. The maximum atomic E-state index is 12.8. The topological polar surface area (TPSA) is 57.0 Å². The summed E-state index contributed by atoms with van der Waals surface area (Å²) in [5.41, 5.74) is 1.75. The monoisotopic (exact) mass is 335 g/mol. The van der Waals surface area contributed by atoms with E-state index in [9.17, 15) is 4.79 Å². The smallest absolute Gasteiger partial charge is 0.261 e. The summed E-state index contributed by atoms with van der Waals surface area (Å²) < 4.78 is 7.64. The van der Waals surface area contributed by atoms with Crippen LogP contribution in [0.2, 0.25) is 0 Å². The third-order valence-corrected chi connectivity index (χ3v) is 4.73. The molecule has 3 heterocycles. The molecule has 0 spiro atoms. The lowest BCUT2D eigenvalue weighted by molar-refractivity contribution is 0.240. The molecule has 0 bridgehead atoms. The van der Waals surface area contributed by atoms with E-state index in [1.807, 2.05) is 41.0 Å². The van der Waals surface area contributed by atoms with Crippen molar-refractivity contribution in [3.05, 3.63) is 64.5 Å². The summed E-state index contributed by atoms with van der Waals surface area (Å²) >= 11 is 0. The minimum absolute atomic E-state index is 0.0454. The van der Waals surface area contributed by atoms with Gasteiger partial charge in [-0.25, -0.2) is 4.98 Å². The molecule has 0 saturated carbocycles. The first-order valence-corrected chi connectivity index (χ1v) is 8.58. The number of pyridine rings is 1. The molecule has 1 aromatic carbocycles. The van der Waals surface area contributed by atoms with Gasteiger partial charge in [0.1, 0.15) is 18.2 Å². The van der Waals surface area contributed by atoms with Crippen molar-refractivity contribution in [2.24, 2.45) is 5.41 Å². The minimum Gasteiger partial charge on any atom is -0.487 e. The predicted molar refractivity (Wildman–Crippen MR) is 96.7 cm³/mol. The molecule has 0 atom stereocenters. The van der Waals surface area contributed by atoms with Gasteiger partial charge in [0.25, 0.3) is 5.56 Å². The van der Waals surface area contributed by atoms with Gasteiger partial charge >= 0.3 is 0 Å². The highest BCUT2D eigenvalue weighted by atomic mass is 16.5. The van der Waals surface area contributed by atoms with Crippen molar-refractivity contribution >= 4 is 10.9 Å². The second-order valence-electron chi connectivity index (χ2n) is 7.37. The van der Waals surface area contributed by atoms with Crippen molar-refractivity contribution in [2.45, 2.75) is 39.8 Å². The number of hydrogen-bond donors (Lipinski definition) is 0. The van der Waals surface area contributed by atoms with E-state index < -0.39 is 0 Å². The van der Waals surface area contributed by atoms with Gasteiger partial charge in [-0.05, 0) is 36.1 Å². The van der Waals surface area contributed by atoms with Gasteiger partial charge in [-0.1, -0.05) is 19.9 Å². The summed E-state index contributed by atoms with van der Waals surface area (Å²) in [6.45, 7) is 5.51. The molecule has 2 aromatic heterocycles. The zero-order valence-corrected chi connectivity index (χ0v) is 14.5. The fourth-order valence-electron chi connectivity index (χ4n) is 3.29. The Kier molecular flexibility index (Phi) is 3.79. The van der Waals surface area contributed by atoms with Crippen molar-refractivity contribution in [1.29, 1.82) is 0 Å². The van der Waals surface area contributed by atoms with Gasteiger partial charge in [0.15, 0.2) is 0 Å². The lowest BCUT2D eigenvalue weighted by Crippen LogP contribution is -2.36. The Morgan fingerprint density at radius 3 is 2.92 bits per heavy atom. The molecule has 0 unspecified atom stereocenters.